The number of nitrogens with one attached hydrogen (secondary N) is 2. The lowest BCUT2D eigenvalue weighted by molar-refractivity contribution is -0.133. The molecule has 2 N–H and O–H groups in total. The van der Waals surface area contributed by atoms with Gasteiger partial charge in [0.15, 0.2) is 0 Å². The minimum Gasteiger partial charge on any atom is -0.368 e. The molecule has 0 saturated carbocycles. The summed E-state index contributed by atoms with van der Waals surface area (Å²) in [4.78, 5) is 29.4. The number of urea groups is 1. The molecule has 1 saturated heterocycles. The van der Waals surface area contributed by atoms with Crippen molar-refractivity contribution in [3.05, 3.63) is 66.0 Å². The van der Waals surface area contributed by atoms with E-state index in [-0.39, 0.29) is 18.3 Å². The van der Waals surface area contributed by atoms with E-state index in [4.69, 9.17) is 0 Å². The van der Waals surface area contributed by atoms with Crippen molar-refractivity contribution in [1.82, 2.24) is 15.5 Å². The molecule has 2 aromatic rings. The van der Waals surface area contributed by atoms with E-state index in [0.717, 1.165) is 30.8 Å². The van der Waals surface area contributed by atoms with E-state index in [1.807, 2.05) is 30.0 Å². The van der Waals surface area contributed by atoms with Gasteiger partial charge in [-0.3, -0.25) is 4.79 Å². The van der Waals surface area contributed by atoms with Crippen molar-refractivity contribution in [2.24, 2.45) is 0 Å². The Kier molecular flexibility index (Phi) is 7.65. The van der Waals surface area contributed by atoms with Crippen LogP contribution in [0.5, 0.6) is 0 Å². The number of amides is 3. The second kappa shape index (κ2) is 10.6. The van der Waals surface area contributed by atoms with Gasteiger partial charge in [-0.2, -0.15) is 0 Å². The van der Waals surface area contributed by atoms with Gasteiger partial charge in [0.05, 0.1) is 0 Å². The Morgan fingerprint density at radius 1 is 1.00 bits per heavy atom. The molecule has 160 valence electrons. The van der Waals surface area contributed by atoms with Crippen molar-refractivity contribution in [3.8, 4) is 0 Å². The van der Waals surface area contributed by atoms with Crippen LogP contribution in [0.1, 0.15) is 25.3 Å². The van der Waals surface area contributed by atoms with Gasteiger partial charge >= 0.3 is 6.03 Å². The number of hydrogen-bond acceptors (Lipinski definition) is 3. The molecule has 3 amide bonds. The lowest BCUT2D eigenvalue weighted by atomic mass is 10.1. The normalized spacial score (nSPS) is 14.9. The Hall–Kier alpha value is -3.09. The monoisotopic (exact) mass is 412 g/mol. The van der Waals surface area contributed by atoms with Crippen LogP contribution in [-0.2, 0) is 11.3 Å². The fraction of sp³-hybridized carbons (Fsp3) is 0.391. The summed E-state index contributed by atoms with van der Waals surface area (Å²) in [5, 5.41) is 5.55. The summed E-state index contributed by atoms with van der Waals surface area (Å²) in [6.45, 7) is 5.07. The zero-order chi connectivity index (χ0) is 21.3. The summed E-state index contributed by atoms with van der Waals surface area (Å²) in [6.07, 6.45) is 1.38. The van der Waals surface area contributed by atoms with E-state index in [2.05, 4.69) is 27.7 Å². The van der Waals surface area contributed by atoms with E-state index in [0.29, 0.717) is 19.5 Å². The lowest BCUT2D eigenvalue weighted by Gasteiger charge is -2.37. The van der Waals surface area contributed by atoms with Crippen molar-refractivity contribution in [1.29, 1.82) is 0 Å². The van der Waals surface area contributed by atoms with Crippen LogP contribution >= 0.6 is 0 Å². The van der Waals surface area contributed by atoms with Gasteiger partial charge in [0.2, 0.25) is 5.91 Å². The van der Waals surface area contributed by atoms with Crippen LogP contribution in [0.3, 0.4) is 0 Å². The van der Waals surface area contributed by atoms with Crippen LogP contribution in [0.4, 0.5) is 14.9 Å². The van der Waals surface area contributed by atoms with Gasteiger partial charge in [0, 0.05) is 38.4 Å². The molecule has 0 spiro atoms. The fourth-order valence-electron chi connectivity index (χ4n) is 3.58. The zero-order valence-electron chi connectivity index (χ0n) is 17.3. The third-order valence-corrected chi connectivity index (χ3v) is 5.26. The molecule has 1 heterocycles. The van der Waals surface area contributed by atoms with Gasteiger partial charge in [0.1, 0.15) is 11.9 Å². The zero-order valence-corrected chi connectivity index (χ0v) is 17.3. The van der Waals surface area contributed by atoms with Gasteiger partial charge in [-0.25, -0.2) is 9.18 Å². The summed E-state index contributed by atoms with van der Waals surface area (Å²) in [7, 11) is 0. The molecule has 6 nitrogen and oxygen atoms in total. The molecule has 1 aliphatic rings. The largest absolute Gasteiger partial charge is 0.368 e. The van der Waals surface area contributed by atoms with Crippen LogP contribution in [0.15, 0.2) is 54.6 Å². The molecule has 1 unspecified atom stereocenters. The number of carbonyl (C=O) groups excluding carboxylic acids is 2. The molecule has 3 rings (SSSR count). The van der Waals surface area contributed by atoms with E-state index < -0.39 is 12.1 Å². The van der Waals surface area contributed by atoms with Crippen LogP contribution < -0.4 is 15.5 Å². The number of para-hydroxylation sites is 1. The molecule has 1 aliphatic heterocycles. The molecule has 0 aliphatic carbocycles. The van der Waals surface area contributed by atoms with Crippen molar-refractivity contribution in [2.75, 3.05) is 31.1 Å². The quantitative estimate of drug-likeness (QED) is 0.734. The summed E-state index contributed by atoms with van der Waals surface area (Å²) in [5.41, 5.74) is 1.95. The number of rotatable bonds is 7. The maximum absolute atomic E-state index is 13.0. The highest BCUT2D eigenvalue weighted by Gasteiger charge is 2.28. The summed E-state index contributed by atoms with van der Waals surface area (Å²) < 4.78 is 13.0. The Morgan fingerprint density at radius 2 is 1.67 bits per heavy atom. The highest BCUT2D eigenvalue weighted by molar-refractivity contribution is 5.87. The first-order chi connectivity index (χ1) is 14.6. The number of piperazine rings is 1. The van der Waals surface area contributed by atoms with Gasteiger partial charge in [-0.1, -0.05) is 43.7 Å². The SMILES string of the molecule is CCCC(NC(=O)NCc1ccc(F)cc1)C(=O)N1CCN(c2ccccc2)CC1. The molecule has 30 heavy (non-hydrogen) atoms. The molecule has 1 atom stereocenters. The Labute approximate surface area is 177 Å². The second-order valence-corrected chi connectivity index (χ2v) is 7.44. The average Bonchev–Trinajstić information content (AvgIpc) is 2.78. The number of hydrogen-bond donors (Lipinski definition) is 2. The first kappa shape index (κ1) is 21.6. The highest BCUT2D eigenvalue weighted by Crippen LogP contribution is 2.16. The van der Waals surface area contributed by atoms with E-state index in [1.54, 1.807) is 12.1 Å². The smallest absolute Gasteiger partial charge is 0.315 e. The van der Waals surface area contributed by atoms with E-state index in [9.17, 15) is 14.0 Å². The minimum absolute atomic E-state index is 0.0403. The van der Waals surface area contributed by atoms with Crippen LogP contribution in [0.2, 0.25) is 0 Å². The predicted octanol–water partition coefficient (Wildman–Crippen LogP) is 3.14. The minimum atomic E-state index is -0.550. The number of nitrogens with zero attached hydrogens (tertiary/aromatic N) is 2. The third-order valence-electron chi connectivity index (χ3n) is 5.26. The van der Waals surface area contributed by atoms with Gasteiger partial charge in [-0.05, 0) is 36.2 Å². The van der Waals surface area contributed by atoms with E-state index >= 15 is 0 Å². The third kappa shape index (κ3) is 5.95. The molecule has 0 bridgehead atoms. The first-order valence-electron chi connectivity index (χ1n) is 10.4. The Bertz CT molecular complexity index is 821. The number of anilines is 1. The average molecular weight is 413 g/mol. The predicted molar refractivity (Wildman–Crippen MR) is 116 cm³/mol. The highest BCUT2D eigenvalue weighted by atomic mass is 19.1. The van der Waals surface area contributed by atoms with Crippen molar-refractivity contribution < 1.29 is 14.0 Å². The Morgan fingerprint density at radius 3 is 2.30 bits per heavy atom. The standard InChI is InChI=1S/C23H29FN4O2/c1-2-6-21(26-23(30)25-17-18-9-11-19(24)12-10-18)22(29)28-15-13-27(14-16-28)20-7-4-3-5-8-20/h3-5,7-12,21H,2,6,13-17H2,1H3,(H2,25,26,30). The first-order valence-corrected chi connectivity index (χ1v) is 10.4. The summed E-state index contributed by atoms with van der Waals surface area (Å²) in [6, 6.07) is 15.2. The molecular weight excluding hydrogens is 383 g/mol. The van der Waals surface area contributed by atoms with Crippen LogP contribution in [0.25, 0.3) is 0 Å². The molecule has 2 aromatic carbocycles. The molecule has 0 aromatic heterocycles. The molecule has 7 heteroatoms. The van der Waals surface area contributed by atoms with Crippen molar-refractivity contribution in [3.63, 3.8) is 0 Å². The topological polar surface area (TPSA) is 64.7 Å². The lowest BCUT2D eigenvalue weighted by Crippen LogP contribution is -2.56. The summed E-state index contributed by atoms with van der Waals surface area (Å²) in [5.74, 6) is -0.356. The number of carbonyl (C=O) groups is 2. The maximum atomic E-state index is 13.0. The number of halogens is 1. The number of benzene rings is 2. The Balaban J connectivity index is 1.50. The maximum Gasteiger partial charge on any atom is 0.315 e. The van der Waals surface area contributed by atoms with Crippen molar-refractivity contribution in [2.45, 2.75) is 32.4 Å². The van der Waals surface area contributed by atoms with Crippen LogP contribution in [0, 0.1) is 5.82 Å². The van der Waals surface area contributed by atoms with Gasteiger partial charge < -0.3 is 20.4 Å². The molecular formula is C23H29FN4O2. The van der Waals surface area contributed by atoms with Crippen LogP contribution in [-0.4, -0.2) is 49.1 Å². The molecule has 1 fully saturated rings. The second-order valence-electron chi connectivity index (χ2n) is 7.44. The van der Waals surface area contributed by atoms with Gasteiger partial charge in [-0.15, -0.1) is 0 Å². The summed E-state index contributed by atoms with van der Waals surface area (Å²) >= 11 is 0. The molecule has 0 radical (unpaired) electrons. The van der Waals surface area contributed by atoms with E-state index in [1.165, 1.54) is 12.1 Å². The van der Waals surface area contributed by atoms with Crippen molar-refractivity contribution >= 4 is 17.6 Å². The van der Waals surface area contributed by atoms with Gasteiger partial charge in [0.25, 0.3) is 0 Å². The fourth-order valence-corrected chi connectivity index (χ4v) is 3.58.